The first-order valence-corrected chi connectivity index (χ1v) is 11.4. The minimum absolute atomic E-state index is 0.0245. The molecule has 3 rings (SSSR count). The Morgan fingerprint density at radius 2 is 1.89 bits per heavy atom. The van der Waals surface area contributed by atoms with Crippen LogP contribution in [0, 0.1) is 0 Å². The Kier molecular flexibility index (Phi) is 6.70. The number of nitrogens with one attached hydrogen (secondary N) is 1. The lowest BCUT2D eigenvalue weighted by molar-refractivity contribution is -0.138. The van der Waals surface area contributed by atoms with Gasteiger partial charge in [-0.15, -0.1) is 11.3 Å². The number of esters is 1. The molecule has 1 N–H and O–H groups in total. The van der Waals surface area contributed by atoms with Gasteiger partial charge in [0.25, 0.3) is 15.9 Å². The number of para-hydroxylation sites is 1. The number of benzene rings is 1. The van der Waals surface area contributed by atoms with E-state index in [9.17, 15) is 18.0 Å². The predicted molar refractivity (Wildman–Crippen MR) is 107 cm³/mol. The zero-order valence-electron chi connectivity index (χ0n) is 14.6. The molecule has 0 spiro atoms. The average Bonchev–Trinajstić information content (AvgIpc) is 3.14. The van der Waals surface area contributed by atoms with Gasteiger partial charge in [0.05, 0.1) is 28.3 Å². The lowest BCUT2D eigenvalue weighted by atomic mass is 10.2. The van der Waals surface area contributed by atoms with Crippen LogP contribution in [0.25, 0.3) is 0 Å². The monoisotopic (exact) mass is 488 g/mol. The quantitative estimate of drug-likeness (QED) is 0.626. The lowest BCUT2D eigenvalue weighted by Gasteiger charge is -2.26. The maximum atomic E-state index is 12.5. The number of ether oxygens (including phenoxy) is 2. The Morgan fingerprint density at radius 3 is 2.57 bits per heavy atom. The van der Waals surface area contributed by atoms with Crippen molar-refractivity contribution in [2.75, 3.05) is 37.6 Å². The molecule has 1 aromatic heterocycles. The Hall–Kier alpha value is -1.95. The summed E-state index contributed by atoms with van der Waals surface area (Å²) >= 11 is 4.27. The molecule has 28 heavy (non-hydrogen) atoms. The number of carbonyl (C=O) groups excluding carboxylic acids is 2. The fourth-order valence-corrected chi connectivity index (χ4v) is 5.59. The number of anilines is 1. The molecule has 1 fully saturated rings. The van der Waals surface area contributed by atoms with Crippen molar-refractivity contribution in [2.45, 2.75) is 4.21 Å². The van der Waals surface area contributed by atoms with Crippen molar-refractivity contribution in [3.63, 3.8) is 0 Å². The van der Waals surface area contributed by atoms with Crippen LogP contribution in [0.5, 0.6) is 0 Å². The lowest BCUT2D eigenvalue weighted by Crippen LogP contribution is -2.42. The highest BCUT2D eigenvalue weighted by molar-refractivity contribution is 9.11. The first kappa shape index (κ1) is 20.8. The van der Waals surface area contributed by atoms with Crippen LogP contribution >= 0.6 is 27.3 Å². The summed E-state index contributed by atoms with van der Waals surface area (Å²) in [7, 11) is -3.86. The predicted octanol–water partition coefficient (Wildman–Crippen LogP) is 2.33. The van der Waals surface area contributed by atoms with Crippen molar-refractivity contribution in [2.24, 2.45) is 0 Å². The second-order valence-corrected chi connectivity index (χ2v) is 10.2. The summed E-state index contributed by atoms with van der Waals surface area (Å²) in [6.07, 6.45) is 0. The molecule has 1 aromatic carbocycles. The van der Waals surface area contributed by atoms with Gasteiger partial charge in [0.1, 0.15) is 4.21 Å². The molecule has 0 radical (unpaired) electrons. The highest BCUT2D eigenvalue weighted by Crippen LogP contribution is 2.28. The van der Waals surface area contributed by atoms with Crippen molar-refractivity contribution in [1.82, 2.24) is 4.90 Å². The highest BCUT2D eigenvalue weighted by Gasteiger charge is 2.23. The van der Waals surface area contributed by atoms with E-state index in [-0.39, 0.29) is 21.4 Å². The van der Waals surface area contributed by atoms with Gasteiger partial charge in [-0.2, -0.15) is 0 Å². The zero-order valence-corrected chi connectivity index (χ0v) is 17.8. The molecule has 0 unspecified atom stereocenters. The number of morpholine rings is 1. The second-order valence-electron chi connectivity index (χ2n) is 5.78. The second kappa shape index (κ2) is 9.03. The van der Waals surface area contributed by atoms with E-state index in [4.69, 9.17) is 9.47 Å². The molecule has 1 aliphatic heterocycles. The summed E-state index contributed by atoms with van der Waals surface area (Å²) in [5.41, 5.74) is 0.104. The standard InChI is InChI=1S/C17H17BrN2O6S2/c18-14-5-6-16(27-14)28(23,24)19-13-4-2-1-3-12(13)17(22)26-11-15(21)20-7-9-25-10-8-20/h1-6,19H,7-11H2. The molecule has 11 heteroatoms. The van der Waals surface area contributed by atoms with Gasteiger partial charge in [-0.25, -0.2) is 13.2 Å². The summed E-state index contributed by atoms with van der Waals surface area (Å²) in [4.78, 5) is 26.1. The minimum atomic E-state index is -3.86. The SMILES string of the molecule is O=C(OCC(=O)N1CCOCC1)c1ccccc1NS(=O)(=O)c1ccc(Br)s1. The molecule has 150 valence electrons. The smallest absolute Gasteiger partial charge is 0.340 e. The fourth-order valence-electron chi connectivity index (χ4n) is 2.50. The molecule has 2 heterocycles. The van der Waals surface area contributed by atoms with E-state index in [2.05, 4.69) is 20.7 Å². The number of amides is 1. The number of halogens is 1. The normalized spacial score (nSPS) is 14.5. The van der Waals surface area contributed by atoms with Gasteiger partial charge in [-0.1, -0.05) is 12.1 Å². The van der Waals surface area contributed by atoms with Gasteiger partial charge in [-0.3, -0.25) is 9.52 Å². The summed E-state index contributed by atoms with van der Waals surface area (Å²) < 4.78 is 38.5. The van der Waals surface area contributed by atoms with Gasteiger partial charge in [0, 0.05) is 13.1 Å². The maximum absolute atomic E-state index is 12.5. The number of thiophene rings is 1. The highest BCUT2D eigenvalue weighted by atomic mass is 79.9. The molecule has 2 aromatic rings. The van der Waals surface area contributed by atoms with Gasteiger partial charge in [0.15, 0.2) is 6.61 Å². The van der Waals surface area contributed by atoms with E-state index in [0.29, 0.717) is 30.1 Å². The van der Waals surface area contributed by atoms with Crippen molar-refractivity contribution < 1.29 is 27.5 Å². The Bertz CT molecular complexity index is 970. The number of nitrogens with zero attached hydrogens (tertiary/aromatic N) is 1. The molecule has 0 atom stereocenters. The average molecular weight is 489 g/mol. The molecular formula is C17H17BrN2O6S2. The van der Waals surface area contributed by atoms with Crippen molar-refractivity contribution in [3.8, 4) is 0 Å². The topological polar surface area (TPSA) is 102 Å². The van der Waals surface area contributed by atoms with Gasteiger partial charge in [-0.05, 0) is 40.2 Å². The van der Waals surface area contributed by atoms with Crippen LogP contribution in [0.4, 0.5) is 5.69 Å². The third kappa shape index (κ3) is 5.10. The van der Waals surface area contributed by atoms with E-state index in [1.165, 1.54) is 18.2 Å². The zero-order chi connectivity index (χ0) is 20.1. The van der Waals surface area contributed by atoms with Crippen LogP contribution in [0.1, 0.15) is 10.4 Å². The van der Waals surface area contributed by atoms with Gasteiger partial charge >= 0.3 is 5.97 Å². The molecular weight excluding hydrogens is 472 g/mol. The summed E-state index contributed by atoms with van der Waals surface area (Å²) in [5, 5.41) is 0. The van der Waals surface area contributed by atoms with E-state index >= 15 is 0 Å². The summed E-state index contributed by atoms with van der Waals surface area (Å²) in [6, 6.07) is 9.15. The largest absolute Gasteiger partial charge is 0.452 e. The number of rotatable bonds is 6. The van der Waals surface area contributed by atoms with Gasteiger partial charge in [0.2, 0.25) is 0 Å². The molecule has 8 nitrogen and oxygen atoms in total. The molecule has 0 aliphatic carbocycles. The third-order valence-electron chi connectivity index (χ3n) is 3.90. The van der Waals surface area contributed by atoms with Gasteiger partial charge < -0.3 is 14.4 Å². The first-order chi connectivity index (χ1) is 13.4. The first-order valence-electron chi connectivity index (χ1n) is 8.26. The summed E-state index contributed by atoms with van der Waals surface area (Å²) in [6.45, 7) is 1.37. The maximum Gasteiger partial charge on any atom is 0.340 e. The van der Waals surface area contributed by atoms with Crippen molar-refractivity contribution in [1.29, 1.82) is 0 Å². The molecule has 0 saturated carbocycles. The molecule has 1 saturated heterocycles. The van der Waals surface area contributed by atoms with E-state index in [1.807, 2.05) is 0 Å². The number of hydrogen-bond acceptors (Lipinski definition) is 7. The van der Waals surface area contributed by atoms with Crippen LogP contribution in [-0.4, -0.2) is 58.1 Å². The van der Waals surface area contributed by atoms with Crippen molar-refractivity contribution >= 4 is 54.9 Å². The minimum Gasteiger partial charge on any atom is -0.452 e. The summed E-state index contributed by atoms with van der Waals surface area (Å²) in [5.74, 6) is -1.11. The number of sulfonamides is 1. The van der Waals surface area contributed by atoms with Crippen LogP contribution < -0.4 is 4.72 Å². The third-order valence-corrected chi connectivity index (χ3v) is 7.38. The molecule has 1 aliphatic rings. The Labute approximate surface area is 174 Å². The fraction of sp³-hybridized carbons (Fsp3) is 0.294. The van der Waals surface area contributed by atoms with E-state index in [0.717, 1.165) is 11.3 Å². The Balaban J connectivity index is 1.69. The molecule has 0 bridgehead atoms. The van der Waals surface area contributed by atoms with E-state index < -0.39 is 22.6 Å². The number of hydrogen-bond donors (Lipinski definition) is 1. The van der Waals surface area contributed by atoms with E-state index in [1.54, 1.807) is 23.1 Å². The van der Waals surface area contributed by atoms with Crippen LogP contribution in [0.3, 0.4) is 0 Å². The molecule has 1 amide bonds. The van der Waals surface area contributed by atoms with Crippen LogP contribution in [0.2, 0.25) is 0 Å². The number of carbonyl (C=O) groups is 2. The Morgan fingerprint density at radius 1 is 1.18 bits per heavy atom. The van der Waals surface area contributed by atoms with Crippen LogP contribution in [0.15, 0.2) is 44.4 Å². The van der Waals surface area contributed by atoms with Crippen molar-refractivity contribution in [3.05, 3.63) is 45.7 Å². The van der Waals surface area contributed by atoms with Crippen LogP contribution in [-0.2, 0) is 24.3 Å².